The maximum Gasteiger partial charge on any atom is 0.334 e. The summed E-state index contributed by atoms with van der Waals surface area (Å²) in [6, 6.07) is 0. The highest BCUT2D eigenvalue weighted by atomic mass is 16.6. The van der Waals surface area contributed by atoms with E-state index in [2.05, 4.69) is 6.92 Å². The second-order valence-corrected chi connectivity index (χ2v) is 13.7. The molecule has 3 rings (SSSR count). The van der Waals surface area contributed by atoms with Crippen molar-refractivity contribution in [2.45, 2.75) is 210 Å². The number of rotatable bonds is 24. The Hall–Kier alpha value is -0.990. The third-order valence-corrected chi connectivity index (χ3v) is 9.78. The first-order chi connectivity index (χ1) is 20.9. The lowest BCUT2D eigenvalue weighted by Crippen LogP contribution is -2.33. The minimum atomic E-state index is -0.463. The number of carbonyl (C=O) groups is 1. The first-order valence-corrected chi connectivity index (χ1v) is 18.1. The second kappa shape index (κ2) is 20.9. The fourth-order valence-corrected chi connectivity index (χ4v) is 7.11. The van der Waals surface area contributed by atoms with Crippen molar-refractivity contribution in [2.75, 3.05) is 0 Å². The molecule has 3 aliphatic heterocycles. The van der Waals surface area contributed by atoms with Crippen molar-refractivity contribution < 1.29 is 34.3 Å². The molecule has 0 aromatic carbocycles. The Morgan fingerprint density at radius 2 is 1.12 bits per heavy atom. The van der Waals surface area contributed by atoms with Crippen molar-refractivity contribution in [1.82, 2.24) is 0 Å². The van der Waals surface area contributed by atoms with Crippen molar-refractivity contribution in [3.8, 4) is 0 Å². The fraction of sp³-hybridized carbons (Fsp3) is 0.917. The van der Waals surface area contributed by atoms with E-state index in [0.29, 0.717) is 12.0 Å². The molecule has 3 aliphatic rings. The molecule has 2 fully saturated rings. The van der Waals surface area contributed by atoms with Crippen LogP contribution in [-0.4, -0.2) is 70.1 Å². The van der Waals surface area contributed by atoms with Crippen molar-refractivity contribution in [2.24, 2.45) is 0 Å². The van der Waals surface area contributed by atoms with Gasteiger partial charge in [0.2, 0.25) is 0 Å². The minimum Gasteiger partial charge on any atom is -0.455 e. The lowest BCUT2D eigenvalue weighted by Gasteiger charge is -2.24. The van der Waals surface area contributed by atoms with Gasteiger partial charge >= 0.3 is 5.97 Å². The number of aliphatic hydroxyl groups is 3. The number of carbonyl (C=O) groups excluding carboxylic acids is 1. The summed E-state index contributed by atoms with van der Waals surface area (Å²) in [5.41, 5.74) is 0.616. The number of aliphatic hydroxyl groups excluding tert-OH is 3. The summed E-state index contributed by atoms with van der Waals surface area (Å²) in [5, 5.41) is 31.6. The summed E-state index contributed by atoms with van der Waals surface area (Å²) < 4.78 is 17.6. The van der Waals surface area contributed by atoms with E-state index in [1.54, 1.807) is 0 Å². The average molecular weight is 609 g/mol. The van der Waals surface area contributed by atoms with E-state index in [1.165, 1.54) is 64.2 Å². The van der Waals surface area contributed by atoms with E-state index in [1.807, 2.05) is 13.0 Å². The Kier molecular flexibility index (Phi) is 17.8. The Bertz CT molecular complexity index is 786. The maximum atomic E-state index is 11.7. The number of esters is 1. The lowest BCUT2D eigenvalue weighted by atomic mass is 10.00. The second-order valence-electron chi connectivity index (χ2n) is 13.7. The smallest absolute Gasteiger partial charge is 0.334 e. The topological polar surface area (TPSA) is 105 Å². The van der Waals surface area contributed by atoms with E-state index in [0.717, 1.165) is 77.0 Å². The highest BCUT2D eigenvalue weighted by Gasteiger charge is 2.40. The molecule has 0 aliphatic carbocycles. The van der Waals surface area contributed by atoms with Crippen LogP contribution in [0.4, 0.5) is 0 Å². The number of hydrogen-bond acceptors (Lipinski definition) is 7. The van der Waals surface area contributed by atoms with Gasteiger partial charge in [-0.05, 0) is 57.9 Å². The molecule has 7 heteroatoms. The van der Waals surface area contributed by atoms with Crippen LogP contribution in [0.15, 0.2) is 11.6 Å². The van der Waals surface area contributed by atoms with Gasteiger partial charge in [-0.15, -0.1) is 0 Å². The molecule has 0 bridgehead atoms. The number of cyclic esters (lactones) is 1. The van der Waals surface area contributed by atoms with Crippen molar-refractivity contribution in [3.05, 3.63) is 11.6 Å². The summed E-state index contributed by atoms with van der Waals surface area (Å²) >= 11 is 0. The molecule has 0 spiro atoms. The molecule has 7 nitrogen and oxygen atoms in total. The third-order valence-electron chi connectivity index (χ3n) is 9.78. The van der Waals surface area contributed by atoms with Crippen molar-refractivity contribution in [3.63, 3.8) is 0 Å². The largest absolute Gasteiger partial charge is 0.455 e. The van der Waals surface area contributed by atoms with Crippen LogP contribution in [0.25, 0.3) is 0 Å². The standard InChI is InChI=1S/C36H64O7/c1-3-4-5-6-9-13-16-19-30(38)32-21-23-34(42-32)35-24-22-33(43-35)31(39)20-17-14-11-8-7-10-12-15-18-29(37)26-28-25-27(2)41-36(28)40/h25,27,29-35,37-39H,3-24,26H2,1-2H3/t27-,29+,30+,31+,32+,33+,34+,35+/m0/s1. The number of hydrogen-bond donors (Lipinski definition) is 3. The van der Waals surface area contributed by atoms with Gasteiger partial charge < -0.3 is 29.5 Å². The van der Waals surface area contributed by atoms with Gasteiger partial charge in [0.15, 0.2) is 0 Å². The molecule has 0 saturated carbocycles. The SMILES string of the molecule is CCCCCCCCC[C@@H](O)[C@H]1CC[C@H]([C@H]2CC[C@H]([C@H](O)CCCCCCCCCC[C@@H](O)CC3=C[C@H](C)OC3=O)O2)O1. The molecule has 250 valence electrons. The van der Waals surface area contributed by atoms with E-state index >= 15 is 0 Å². The van der Waals surface area contributed by atoms with Crippen LogP contribution < -0.4 is 0 Å². The highest BCUT2D eigenvalue weighted by molar-refractivity contribution is 5.90. The highest BCUT2D eigenvalue weighted by Crippen LogP contribution is 2.34. The monoisotopic (exact) mass is 608 g/mol. The molecular weight excluding hydrogens is 544 g/mol. The van der Waals surface area contributed by atoms with Crippen LogP contribution in [0.2, 0.25) is 0 Å². The predicted octanol–water partition coefficient (Wildman–Crippen LogP) is 7.47. The van der Waals surface area contributed by atoms with E-state index in [9.17, 15) is 20.1 Å². The number of unbranched alkanes of at least 4 members (excludes halogenated alkanes) is 13. The Balaban J connectivity index is 1.13. The molecule has 0 aromatic rings. The van der Waals surface area contributed by atoms with Crippen LogP contribution in [0.5, 0.6) is 0 Å². The molecular formula is C36H64O7. The average Bonchev–Trinajstić information content (AvgIpc) is 3.73. The van der Waals surface area contributed by atoms with Crippen LogP contribution in [0.1, 0.15) is 162 Å². The van der Waals surface area contributed by atoms with Gasteiger partial charge in [0.05, 0.1) is 42.7 Å². The van der Waals surface area contributed by atoms with E-state index < -0.39 is 12.2 Å². The first-order valence-electron chi connectivity index (χ1n) is 18.1. The zero-order valence-electron chi connectivity index (χ0n) is 27.4. The van der Waals surface area contributed by atoms with Crippen LogP contribution >= 0.6 is 0 Å². The summed E-state index contributed by atoms with van der Waals surface area (Å²) in [4.78, 5) is 11.7. The normalized spacial score (nSPS) is 27.8. The summed E-state index contributed by atoms with van der Waals surface area (Å²) in [7, 11) is 0. The zero-order chi connectivity index (χ0) is 30.9. The van der Waals surface area contributed by atoms with Gasteiger partial charge in [0, 0.05) is 12.0 Å². The maximum absolute atomic E-state index is 11.7. The zero-order valence-corrected chi connectivity index (χ0v) is 27.4. The summed E-state index contributed by atoms with van der Waals surface area (Å²) in [5.74, 6) is -0.281. The van der Waals surface area contributed by atoms with Crippen LogP contribution in [0.3, 0.4) is 0 Å². The van der Waals surface area contributed by atoms with Gasteiger partial charge in [-0.3, -0.25) is 0 Å². The molecule has 2 saturated heterocycles. The Morgan fingerprint density at radius 1 is 0.674 bits per heavy atom. The predicted molar refractivity (Wildman–Crippen MR) is 171 cm³/mol. The quantitative estimate of drug-likeness (QED) is 0.0771. The minimum absolute atomic E-state index is 0.0523. The van der Waals surface area contributed by atoms with Gasteiger partial charge in [0.25, 0.3) is 0 Å². The molecule has 0 radical (unpaired) electrons. The first kappa shape index (κ1) is 36.5. The van der Waals surface area contributed by atoms with Gasteiger partial charge in [-0.25, -0.2) is 4.79 Å². The molecule has 43 heavy (non-hydrogen) atoms. The summed E-state index contributed by atoms with van der Waals surface area (Å²) in [6.45, 7) is 4.08. The molecule has 0 unspecified atom stereocenters. The van der Waals surface area contributed by atoms with E-state index in [-0.39, 0.29) is 42.6 Å². The Labute approximate surface area is 262 Å². The lowest BCUT2D eigenvalue weighted by molar-refractivity contribution is -0.139. The summed E-state index contributed by atoms with van der Waals surface area (Å²) in [6.07, 6.45) is 24.7. The van der Waals surface area contributed by atoms with Gasteiger partial charge in [-0.1, -0.05) is 103 Å². The van der Waals surface area contributed by atoms with Crippen LogP contribution in [-0.2, 0) is 19.0 Å². The fourth-order valence-electron chi connectivity index (χ4n) is 7.11. The Morgan fingerprint density at radius 3 is 1.56 bits per heavy atom. The van der Waals surface area contributed by atoms with E-state index in [4.69, 9.17) is 14.2 Å². The molecule has 0 aromatic heterocycles. The molecule has 8 atom stereocenters. The van der Waals surface area contributed by atoms with Crippen molar-refractivity contribution in [1.29, 1.82) is 0 Å². The van der Waals surface area contributed by atoms with Crippen LogP contribution in [0, 0.1) is 0 Å². The number of ether oxygens (including phenoxy) is 3. The third kappa shape index (κ3) is 13.9. The van der Waals surface area contributed by atoms with Gasteiger partial charge in [0.1, 0.15) is 6.10 Å². The molecule has 3 N–H and O–H groups in total. The molecule has 0 amide bonds. The van der Waals surface area contributed by atoms with Crippen molar-refractivity contribution >= 4 is 5.97 Å². The molecule has 3 heterocycles. The van der Waals surface area contributed by atoms with Gasteiger partial charge in [-0.2, -0.15) is 0 Å².